The lowest BCUT2D eigenvalue weighted by Crippen LogP contribution is -2.52. The number of hydrogen-bond acceptors (Lipinski definition) is 5. The summed E-state index contributed by atoms with van der Waals surface area (Å²) in [6.07, 6.45) is 0. The molecule has 0 spiro atoms. The van der Waals surface area contributed by atoms with Crippen molar-refractivity contribution >= 4 is 41.5 Å². The van der Waals surface area contributed by atoms with Gasteiger partial charge >= 0.3 is 0 Å². The minimum Gasteiger partial charge on any atom is -0.508 e. The number of halogens is 1. The smallest absolute Gasteiger partial charge is 0.251 e. The number of piperazine rings is 1. The molecule has 1 aliphatic heterocycles. The zero-order valence-electron chi connectivity index (χ0n) is 18.6. The second-order valence-corrected chi connectivity index (χ2v) is 7.21. The molecule has 32 heavy (non-hydrogen) atoms. The highest BCUT2D eigenvalue weighted by molar-refractivity contribution is 14.0. The van der Waals surface area contributed by atoms with Crippen molar-refractivity contribution in [3.8, 4) is 11.5 Å². The van der Waals surface area contributed by atoms with Crippen molar-refractivity contribution in [1.82, 2.24) is 15.5 Å². The summed E-state index contributed by atoms with van der Waals surface area (Å²) in [5.41, 5.74) is 1.71. The Kier molecular flexibility index (Phi) is 10.4. The van der Waals surface area contributed by atoms with Crippen molar-refractivity contribution in [2.75, 3.05) is 57.8 Å². The van der Waals surface area contributed by atoms with Crippen molar-refractivity contribution in [2.45, 2.75) is 6.92 Å². The van der Waals surface area contributed by atoms with Gasteiger partial charge in [-0.15, -0.1) is 24.0 Å². The zero-order valence-corrected chi connectivity index (χ0v) is 20.9. The fraction of sp³-hybridized carbons (Fsp3) is 0.391. The third kappa shape index (κ3) is 7.18. The van der Waals surface area contributed by atoms with Gasteiger partial charge in [-0.25, -0.2) is 0 Å². The summed E-state index contributed by atoms with van der Waals surface area (Å²) in [6.45, 7) is 7.34. The fourth-order valence-corrected chi connectivity index (χ4v) is 3.44. The number of phenols is 1. The zero-order chi connectivity index (χ0) is 22.1. The molecule has 1 saturated heterocycles. The number of anilines is 1. The number of methoxy groups -OCH3 is 1. The third-order valence-corrected chi connectivity index (χ3v) is 5.14. The molecule has 2 aromatic rings. The number of hydrogen-bond donors (Lipinski definition) is 3. The van der Waals surface area contributed by atoms with Crippen LogP contribution < -0.4 is 20.3 Å². The van der Waals surface area contributed by atoms with Crippen LogP contribution in [0.25, 0.3) is 0 Å². The molecule has 174 valence electrons. The maximum atomic E-state index is 12.2. The molecule has 1 aliphatic rings. The predicted molar refractivity (Wildman–Crippen MR) is 139 cm³/mol. The van der Waals surface area contributed by atoms with Crippen LogP contribution in [0.4, 0.5) is 5.69 Å². The van der Waals surface area contributed by atoms with E-state index in [4.69, 9.17) is 4.74 Å². The Balaban J connectivity index is 0.00000363. The first-order valence-corrected chi connectivity index (χ1v) is 10.6. The SMILES string of the molecule is CCNC(=NCCNC(=O)c1ccc(O)cc1)N1CCN(c2ccc(OC)cc2)CC1.I. The number of ether oxygens (including phenoxy) is 1. The molecule has 1 fully saturated rings. The number of nitrogens with one attached hydrogen (secondary N) is 2. The van der Waals surface area contributed by atoms with Gasteiger partial charge in [0, 0.05) is 50.5 Å². The van der Waals surface area contributed by atoms with E-state index in [9.17, 15) is 9.90 Å². The number of carbonyl (C=O) groups is 1. The largest absolute Gasteiger partial charge is 0.508 e. The minimum atomic E-state index is -0.173. The first-order valence-electron chi connectivity index (χ1n) is 10.6. The monoisotopic (exact) mass is 553 g/mol. The highest BCUT2D eigenvalue weighted by Gasteiger charge is 2.19. The highest BCUT2D eigenvalue weighted by atomic mass is 127. The standard InChI is InChI=1S/C23H31N5O3.HI/c1-3-24-23(26-13-12-25-22(30)18-4-8-20(29)9-5-18)28-16-14-27(15-17-28)19-6-10-21(31-2)11-7-19;/h4-11,29H,3,12-17H2,1-2H3,(H,24,26)(H,25,30);1H. The third-order valence-electron chi connectivity index (χ3n) is 5.14. The molecule has 1 amide bonds. The Morgan fingerprint density at radius 1 is 1.03 bits per heavy atom. The van der Waals surface area contributed by atoms with Gasteiger partial charge in [0.05, 0.1) is 13.7 Å². The quantitative estimate of drug-likeness (QED) is 0.212. The van der Waals surface area contributed by atoms with Gasteiger partial charge in [0.2, 0.25) is 0 Å². The van der Waals surface area contributed by atoms with Crippen LogP contribution in [0.5, 0.6) is 11.5 Å². The Labute approximate surface area is 206 Å². The Bertz CT molecular complexity index is 866. The summed E-state index contributed by atoms with van der Waals surface area (Å²) in [4.78, 5) is 21.5. The van der Waals surface area contributed by atoms with Crippen molar-refractivity contribution < 1.29 is 14.6 Å². The summed E-state index contributed by atoms with van der Waals surface area (Å²) in [5.74, 6) is 1.70. The molecule has 0 unspecified atom stereocenters. The van der Waals surface area contributed by atoms with E-state index in [1.54, 1.807) is 19.2 Å². The number of phenolic OH excluding ortho intramolecular Hbond substituents is 1. The number of benzene rings is 2. The number of carbonyl (C=O) groups excluding carboxylic acids is 1. The Hall–Kier alpha value is -2.69. The molecular weight excluding hydrogens is 521 g/mol. The number of amides is 1. The van der Waals surface area contributed by atoms with Crippen LogP contribution >= 0.6 is 24.0 Å². The molecule has 0 radical (unpaired) electrons. The summed E-state index contributed by atoms with van der Waals surface area (Å²) in [7, 11) is 1.67. The molecule has 0 saturated carbocycles. The summed E-state index contributed by atoms with van der Waals surface area (Å²) < 4.78 is 5.24. The van der Waals surface area contributed by atoms with Gasteiger partial charge < -0.3 is 30.3 Å². The fourth-order valence-electron chi connectivity index (χ4n) is 3.44. The van der Waals surface area contributed by atoms with Crippen LogP contribution in [0, 0.1) is 0 Å². The van der Waals surface area contributed by atoms with Crippen molar-refractivity contribution in [3.05, 3.63) is 54.1 Å². The average Bonchev–Trinajstić information content (AvgIpc) is 2.81. The van der Waals surface area contributed by atoms with Gasteiger partial charge in [-0.1, -0.05) is 0 Å². The number of guanidine groups is 1. The van der Waals surface area contributed by atoms with Gasteiger partial charge in [-0.2, -0.15) is 0 Å². The van der Waals surface area contributed by atoms with Gasteiger partial charge in [-0.05, 0) is 55.5 Å². The Morgan fingerprint density at radius 2 is 1.69 bits per heavy atom. The molecule has 3 N–H and O–H groups in total. The van der Waals surface area contributed by atoms with Crippen LogP contribution in [-0.2, 0) is 0 Å². The van der Waals surface area contributed by atoms with E-state index in [1.807, 2.05) is 12.1 Å². The molecule has 0 aromatic heterocycles. The molecular formula is C23H32IN5O3. The van der Waals surface area contributed by atoms with Gasteiger partial charge in [0.15, 0.2) is 5.96 Å². The molecule has 9 heteroatoms. The van der Waals surface area contributed by atoms with Crippen LogP contribution in [0.3, 0.4) is 0 Å². The first-order chi connectivity index (χ1) is 15.1. The molecule has 0 atom stereocenters. The van der Waals surface area contributed by atoms with E-state index in [0.29, 0.717) is 18.7 Å². The van der Waals surface area contributed by atoms with E-state index < -0.39 is 0 Å². The molecule has 2 aromatic carbocycles. The predicted octanol–water partition coefficient (Wildman–Crippen LogP) is 2.54. The second kappa shape index (κ2) is 13.0. The van der Waals surface area contributed by atoms with Crippen molar-refractivity contribution in [2.24, 2.45) is 4.99 Å². The number of aromatic hydroxyl groups is 1. The van der Waals surface area contributed by atoms with Crippen LogP contribution in [-0.4, -0.2) is 74.8 Å². The maximum absolute atomic E-state index is 12.2. The van der Waals surface area contributed by atoms with Gasteiger partial charge in [0.1, 0.15) is 11.5 Å². The Morgan fingerprint density at radius 3 is 2.28 bits per heavy atom. The van der Waals surface area contributed by atoms with E-state index in [0.717, 1.165) is 44.4 Å². The number of aliphatic imine (C=N–C) groups is 1. The van der Waals surface area contributed by atoms with Crippen molar-refractivity contribution in [3.63, 3.8) is 0 Å². The first kappa shape index (κ1) is 25.6. The molecule has 0 aliphatic carbocycles. The molecule has 3 rings (SSSR count). The summed E-state index contributed by atoms with van der Waals surface area (Å²) in [5, 5.41) is 15.5. The topological polar surface area (TPSA) is 89.4 Å². The van der Waals surface area contributed by atoms with E-state index in [-0.39, 0.29) is 35.6 Å². The lowest BCUT2D eigenvalue weighted by molar-refractivity contribution is 0.0954. The van der Waals surface area contributed by atoms with E-state index in [1.165, 1.54) is 17.8 Å². The molecule has 1 heterocycles. The van der Waals surface area contributed by atoms with E-state index in [2.05, 4.69) is 44.5 Å². The van der Waals surface area contributed by atoms with Gasteiger partial charge in [0.25, 0.3) is 5.91 Å². The maximum Gasteiger partial charge on any atom is 0.251 e. The summed E-state index contributed by atoms with van der Waals surface area (Å²) >= 11 is 0. The lowest BCUT2D eigenvalue weighted by Gasteiger charge is -2.37. The minimum absolute atomic E-state index is 0. The molecule has 0 bridgehead atoms. The summed E-state index contributed by atoms with van der Waals surface area (Å²) in [6, 6.07) is 14.3. The van der Waals surface area contributed by atoms with Gasteiger partial charge in [-0.3, -0.25) is 9.79 Å². The highest BCUT2D eigenvalue weighted by Crippen LogP contribution is 2.20. The lowest BCUT2D eigenvalue weighted by atomic mass is 10.2. The number of rotatable bonds is 7. The average molecular weight is 553 g/mol. The molecule has 8 nitrogen and oxygen atoms in total. The van der Waals surface area contributed by atoms with Crippen LogP contribution in [0.2, 0.25) is 0 Å². The number of nitrogens with zero attached hydrogens (tertiary/aromatic N) is 3. The van der Waals surface area contributed by atoms with Crippen LogP contribution in [0.15, 0.2) is 53.5 Å². The van der Waals surface area contributed by atoms with E-state index >= 15 is 0 Å². The second-order valence-electron chi connectivity index (χ2n) is 7.21. The normalized spacial score (nSPS) is 13.9. The van der Waals surface area contributed by atoms with Crippen molar-refractivity contribution in [1.29, 1.82) is 0 Å². The van der Waals surface area contributed by atoms with Crippen LogP contribution in [0.1, 0.15) is 17.3 Å².